The second-order valence-electron chi connectivity index (χ2n) is 22.6. The Morgan fingerprint density at radius 3 is 2.05 bits per heavy atom. The molecule has 4 unspecified atom stereocenters. The maximum atomic E-state index is 13.1. The van der Waals surface area contributed by atoms with E-state index in [0.717, 1.165) is 51.4 Å². The molecule has 16 nitrogen and oxygen atoms in total. The van der Waals surface area contributed by atoms with Crippen LogP contribution in [0.4, 0.5) is 0 Å². The van der Waals surface area contributed by atoms with Gasteiger partial charge in [-0.15, -0.1) is 0 Å². The summed E-state index contributed by atoms with van der Waals surface area (Å²) in [6.45, 7) is 15.1. The highest BCUT2D eigenvalue weighted by Gasteiger charge is 2.69. The van der Waals surface area contributed by atoms with Crippen LogP contribution in [0.3, 0.4) is 0 Å². The molecular weight excluding hydrogens is 808 g/mol. The highest BCUT2D eigenvalue weighted by molar-refractivity contribution is 5.76. The summed E-state index contributed by atoms with van der Waals surface area (Å²) >= 11 is 0. The zero-order chi connectivity index (χ0) is 45.1. The Kier molecular flexibility index (Phi) is 12.5. The lowest BCUT2D eigenvalue weighted by Crippen LogP contribution is -2.66. The van der Waals surface area contributed by atoms with E-state index in [1.807, 2.05) is 0 Å². The zero-order valence-corrected chi connectivity index (χ0v) is 37.5. The SMILES string of the molecule is CC1(C)CC[C@]2(C(=O)O)CC[C@]3(C)C(=CCC4[C@@]5(C)CCC(O[C@@H]6OC[C@H](O)[C@H](O)[C@H]6O[C@H]6OC[C@H](O)[C@@H](O[C@H]7O[C@H](CO)[C@@H](O)[C@H](O)[C@H]7O)[C@H]6O)C(C)(C)C5CC[C@]43C)C2C1. The smallest absolute Gasteiger partial charge is 0.310 e. The molecule has 0 aromatic carbocycles. The molecular formula is C46H74O16. The van der Waals surface area contributed by atoms with E-state index in [2.05, 4.69) is 54.5 Å². The molecule has 7 fully saturated rings. The minimum absolute atomic E-state index is 0.0250. The number of aliphatic hydroxyl groups is 8. The van der Waals surface area contributed by atoms with Crippen molar-refractivity contribution in [2.24, 2.45) is 50.2 Å². The monoisotopic (exact) mass is 882 g/mol. The Bertz CT molecular complexity index is 1690. The van der Waals surface area contributed by atoms with Gasteiger partial charge in [0.2, 0.25) is 0 Å². The Morgan fingerprint density at radius 1 is 0.694 bits per heavy atom. The van der Waals surface area contributed by atoms with Crippen molar-refractivity contribution in [3.63, 3.8) is 0 Å². The number of aliphatic carboxylic acids is 1. The largest absolute Gasteiger partial charge is 0.481 e. The molecule has 0 amide bonds. The summed E-state index contributed by atoms with van der Waals surface area (Å²) in [5.74, 6) is 0.0300. The van der Waals surface area contributed by atoms with Gasteiger partial charge in [0.25, 0.3) is 0 Å². The molecule has 4 saturated carbocycles. The van der Waals surface area contributed by atoms with E-state index in [-0.39, 0.29) is 51.6 Å². The fraction of sp³-hybridized carbons (Fsp3) is 0.935. The maximum Gasteiger partial charge on any atom is 0.310 e. The van der Waals surface area contributed by atoms with Crippen molar-refractivity contribution in [2.75, 3.05) is 19.8 Å². The molecule has 0 spiro atoms. The molecule has 0 radical (unpaired) electrons. The first-order valence-electron chi connectivity index (χ1n) is 23.1. The molecule has 16 heteroatoms. The zero-order valence-electron chi connectivity index (χ0n) is 37.5. The van der Waals surface area contributed by atoms with Crippen LogP contribution in [0.1, 0.15) is 113 Å². The van der Waals surface area contributed by atoms with Crippen molar-refractivity contribution in [3.8, 4) is 0 Å². The third-order valence-electron chi connectivity index (χ3n) is 18.6. The quantitative estimate of drug-likeness (QED) is 0.125. The molecule has 8 aliphatic rings. The first kappa shape index (κ1) is 47.2. The van der Waals surface area contributed by atoms with Gasteiger partial charge in [0, 0.05) is 0 Å². The van der Waals surface area contributed by atoms with Gasteiger partial charge in [-0.1, -0.05) is 60.1 Å². The van der Waals surface area contributed by atoms with Gasteiger partial charge in [-0.05, 0) is 109 Å². The van der Waals surface area contributed by atoms with Crippen molar-refractivity contribution >= 4 is 5.97 Å². The number of rotatable bonds is 8. The average molecular weight is 883 g/mol. The van der Waals surface area contributed by atoms with Gasteiger partial charge >= 0.3 is 5.97 Å². The highest BCUT2D eigenvalue weighted by atomic mass is 16.8. The van der Waals surface area contributed by atoms with Crippen molar-refractivity contribution in [1.29, 1.82) is 0 Å². The van der Waals surface area contributed by atoms with E-state index in [0.29, 0.717) is 18.8 Å². The first-order chi connectivity index (χ1) is 29.0. The lowest BCUT2D eigenvalue weighted by molar-refractivity contribution is -0.374. The number of ether oxygens (including phenoxy) is 6. The van der Waals surface area contributed by atoms with Gasteiger partial charge in [0.1, 0.15) is 61.0 Å². The molecule has 0 bridgehead atoms. The van der Waals surface area contributed by atoms with Crippen LogP contribution in [0.25, 0.3) is 0 Å². The third-order valence-corrected chi connectivity index (χ3v) is 18.6. The van der Waals surface area contributed by atoms with Crippen LogP contribution in [0.5, 0.6) is 0 Å². The standard InChI is InChI=1S/C46H74O16/c1-41(2)14-16-46(40(55)56)17-15-44(6)22(23(46)18-41)8-9-28-43(5)12-11-29(42(3,4)27(43)10-13-45(28,44)7)60-39-36(30(50)24(48)20-58-39)62-37-34(54)35(25(49)21-57-37)61-38-33(53)32(52)31(51)26(19-47)59-38/h8,23-39,47-54H,9-21H2,1-7H3,(H,55,56)/t23?,24-,25-,26+,27?,28?,29?,30-,31+,32-,33+,34+,35+,36+,37+,38+,39-,43-,44+,45+,46-/m0/s1. The predicted octanol–water partition coefficient (Wildman–Crippen LogP) is 1.98. The molecule has 0 aromatic heterocycles. The molecule has 21 atom stereocenters. The fourth-order valence-corrected chi connectivity index (χ4v) is 14.6. The summed E-state index contributed by atoms with van der Waals surface area (Å²) in [5, 5.41) is 95.7. The highest BCUT2D eigenvalue weighted by Crippen LogP contribution is 2.76. The van der Waals surface area contributed by atoms with E-state index >= 15 is 0 Å². The minimum atomic E-state index is -1.79. The van der Waals surface area contributed by atoms with Crippen molar-refractivity contribution in [1.82, 2.24) is 0 Å². The molecule has 354 valence electrons. The number of carboxylic acids is 1. The summed E-state index contributed by atoms with van der Waals surface area (Å²) in [7, 11) is 0. The van der Waals surface area contributed by atoms with Crippen LogP contribution in [0.15, 0.2) is 11.6 Å². The lowest BCUT2D eigenvalue weighted by atomic mass is 9.33. The second-order valence-corrected chi connectivity index (χ2v) is 22.6. The Labute approximate surface area is 364 Å². The molecule has 0 aromatic rings. The number of hydrogen-bond donors (Lipinski definition) is 9. The molecule has 3 heterocycles. The number of hydrogen-bond acceptors (Lipinski definition) is 15. The number of allylic oxidation sites excluding steroid dienone is 2. The van der Waals surface area contributed by atoms with Gasteiger partial charge in [-0.2, -0.15) is 0 Å². The summed E-state index contributed by atoms with van der Waals surface area (Å²) in [5.41, 5.74) is 0.227. The van der Waals surface area contributed by atoms with E-state index in [4.69, 9.17) is 28.4 Å². The Morgan fingerprint density at radius 2 is 1.35 bits per heavy atom. The second kappa shape index (κ2) is 16.5. The summed E-state index contributed by atoms with van der Waals surface area (Å²) in [4.78, 5) is 13.1. The average Bonchev–Trinajstić information content (AvgIpc) is 3.20. The van der Waals surface area contributed by atoms with Gasteiger partial charge in [-0.25, -0.2) is 0 Å². The van der Waals surface area contributed by atoms with Crippen molar-refractivity contribution in [2.45, 2.75) is 199 Å². The van der Waals surface area contributed by atoms with Crippen LogP contribution in [-0.4, -0.2) is 158 Å². The number of aliphatic hydroxyl groups excluding tert-OH is 8. The van der Waals surface area contributed by atoms with Gasteiger partial charge < -0.3 is 74.4 Å². The fourth-order valence-electron chi connectivity index (χ4n) is 14.6. The maximum absolute atomic E-state index is 13.1. The van der Waals surface area contributed by atoms with Crippen molar-refractivity contribution < 1.29 is 79.2 Å². The predicted molar refractivity (Wildman–Crippen MR) is 219 cm³/mol. The van der Waals surface area contributed by atoms with Crippen LogP contribution in [0, 0.1) is 50.2 Å². The summed E-state index contributed by atoms with van der Waals surface area (Å²) in [6.07, 6.45) is -9.06. The first-order valence-corrected chi connectivity index (χ1v) is 23.1. The topological polar surface area (TPSA) is 255 Å². The lowest BCUT2D eigenvalue weighted by Gasteiger charge is -2.71. The Hall–Kier alpha value is -1.35. The van der Waals surface area contributed by atoms with Gasteiger partial charge in [0.05, 0.1) is 31.3 Å². The molecule has 3 saturated heterocycles. The molecule has 3 aliphatic heterocycles. The molecule has 9 N–H and O–H groups in total. The summed E-state index contributed by atoms with van der Waals surface area (Å²) in [6, 6.07) is 0. The van der Waals surface area contributed by atoms with Crippen LogP contribution < -0.4 is 0 Å². The third kappa shape index (κ3) is 7.28. The van der Waals surface area contributed by atoms with Crippen LogP contribution in [-0.2, 0) is 33.2 Å². The van der Waals surface area contributed by atoms with Crippen molar-refractivity contribution in [3.05, 3.63) is 11.6 Å². The molecule has 8 rings (SSSR count). The molecule has 62 heavy (non-hydrogen) atoms. The van der Waals surface area contributed by atoms with Crippen LogP contribution >= 0.6 is 0 Å². The van der Waals surface area contributed by atoms with E-state index in [1.165, 1.54) is 5.57 Å². The number of carboxylic acid groups (broad SMARTS) is 1. The molecule has 5 aliphatic carbocycles. The number of carbonyl (C=O) groups is 1. The van der Waals surface area contributed by atoms with Gasteiger partial charge in [-0.3, -0.25) is 4.79 Å². The normalized spacial score (nSPS) is 53.6. The Balaban J connectivity index is 0.989. The van der Waals surface area contributed by atoms with Crippen LogP contribution in [0.2, 0.25) is 0 Å². The van der Waals surface area contributed by atoms with Gasteiger partial charge in [0.15, 0.2) is 18.9 Å². The van der Waals surface area contributed by atoms with E-state index < -0.39 is 105 Å². The summed E-state index contributed by atoms with van der Waals surface area (Å²) < 4.78 is 35.9. The number of fused-ring (bicyclic) bond motifs is 7. The van der Waals surface area contributed by atoms with E-state index in [9.17, 15) is 50.8 Å². The van der Waals surface area contributed by atoms with E-state index in [1.54, 1.807) is 0 Å². The minimum Gasteiger partial charge on any atom is -0.481 e.